The maximum Gasteiger partial charge on any atom is 0.0593 e. The van der Waals surface area contributed by atoms with Gasteiger partial charge in [-0.3, -0.25) is 4.90 Å². The highest BCUT2D eigenvalue weighted by Gasteiger charge is 2.38. The number of rotatable bonds is 8. The van der Waals surface area contributed by atoms with E-state index in [9.17, 15) is 0 Å². The number of nitrogens with zero attached hydrogens (tertiary/aromatic N) is 1. The second-order valence-electron chi connectivity index (χ2n) is 7.27. The van der Waals surface area contributed by atoms with E-state index in [0.717, 1.165) is 37.6 Å². The van der Waals surface area contributed by atoms with E-state index in [0.29, 0.717) is 12.0 Å². The fourth-order valence-electron chi connectivity index (χ4n) is 3.26. The molecule has 0 spiro atoms. The van der Waals surface area contributed by atoms with Gasteiger partial charge in [-0.05, 0) is 30.6 Å². The standard InChI is InChI=1S/C17H34N2O/c1-5-14(4)17-10-18-16(15-6-7-15)11-19(17)8-9-20-12-13(2)3/h13-18H,5-12H2,1-4H3. The molecule has 0 bridgehead atoms. The van der Waals surface area contributed by atoms with Crippen molar-refractivity contribution >= 4 is 0 Å². The Morgan fingerprint density at radius 2 is 2.00 bits per heavy atom. The molecule has 3 nitrogen and oxygen atoms in total. The topological polar surface area (TPSA) is 24.5 Å². The molecule has 2 rings (SSSR count). The van der Waals surface area contributed by atoms with Crippen molar-refractivity contribution in [2.24, 2.45) is 17.8 Å². The second kappa shape index (κ2) is 7.77. The highest BCUT2D eigenvalue weighted by molar-refractivity contribution is 4.95. The second-order valence-corrected chi connectivity index (χ2v) is 7.27. The van der Waals surface area contributed by atoms with Crippen LogP contribution in [0.4, 0.5) is 0 Å². The molecule has 1 heterocycles. The molecular formula is C17H34N2O. The summed E-state index contributed by atoms with van der Waals surface area (Å²) in [6.07, 6.45) is 4.14. The molecule has 3 heteroatoms. The van der Waals surface area contributed by atoms with E-state index < -0.39 is 0 Å². The lowest BCUT2D eigenvalue weighted by atomic mass is 9.93. The van der Waals surface area contributed by atoms with Crippen LogP contribution in [-0.2, 0) is 4.74 Å². The molecule has 0 radical (unpaired) electrons. The Kier molecular flexibility index (Phi) is 6.31. The van der Waals surface area contributed by atoms with Crippen LogP contribution in [0.25, 0.3) is 0 Å². The Morgan fingerprint density at radius 1 is 1.25 bits per heavy atom. The van der Waals surface area contributed by atoms with Crippen LogP contribution in [0.5, 0.6) is 0 Å². The highest BCUT2D eigenvalue weighted by atomic mass is 16.5. The van der Waals surface area contributed by atoms with Crippen molar-refractivity contribution in [2.45, 2.75) is 59.0 Å². The van der Waals surface area contributed by atoms with Gasteiger partial charge in [-0.1, -0.05) is 34.1 Å². The van der Waals surface area contributed by atoms with Crippen molar-refractivity contribution < 1.29 is 4.74 Å². The van der Waals surface area contributed by atoms with E-state index in [1.807, 2.05) is 0 Å². The largest absolute Gasteiger partial charge is 0.380 e. The molecule has 3 atom stereocenters. The van der Waals surface area contributed by atoms with Crippen LogP contribution in [0, 0.1) is 17.8 Å². The fraction of sp³-hybridized carbons (Fsp3) is 1.00. The van der Waals surface area contributed by atoms with E-state index in [-0.39, 0.29) is 0 Å². The molecule has 20 heavy (non-hydrogen) atoms. The minimum Gasteiger partial charge on any atom is -0.380 e. The molecule has 1 saturated carbocycles. The Hall–Kier alpha value is -0.120. The van der Waals surface area contributed by atoms with Crippen LogP contribution < -0.4 is 5.32 Å². The molecule has 2 fully saturated rings. The third-order valence-corrected chi connectivity index (χ3v) is 4.96. The van der Waals surface area contributed by atoms with Gasteiger partial charge >= 0.3 is 0 Å². The first-order valence-corrected chi connectivity index (χ1v) is 8.67. The third-order valence-electron chi connectivity index (χ3n) is 4.96. The summed E-state index contributed by atoms with van der Waals surface area (Å²) in [5.74, 6) is 2.36. The minimum absolute atomic E-state index is 0.641. The van der Waals surface area contributed by atoms with Crippen molar-refractivity contribution in [3.63, 3.8) is 0 Å². The first kappa shape index (κ1) is 16.3. The first-order chi connectivity index (χ1) is 9.61. The van der Waals surface area contributed by atoms with E-state index in [2.05, 4.69) is 37.9 Å². The number of ether oxygens (including phenoxy) is 1. The van der Waals surface area contributed by atoms with Gasteiger partial charge in [0.1, 0.15) is 0 Å². The quantitative estimate of drug-likeness (QED) is 0.693. The van der Waals surface area contributed by atoms with Crippen LogP contribution in [0.1, 0.15) is 47.0 Å². The van der Waals surface area contributed by atoms with Crippen molar-refractivity contribution in [2.75, 3.05) is 32.8 Å². The summed E-state index contributed by atoms with van der Waals surface area (Å²) in [6.45, 7) is 14.4. The van der Waals surface area contributed by atoms with Gasteiger partial charge in [-0.15, -0.1) is 0 Å². The SMILES string of the molecule is CCC(C)C1CNC(C2CC2)CN1CCOCC(C)C. The third kappa shape index (κ3) is 4.71. The van der Waals surface area contributed by atoms with Crippen LogP contribution in [-0.4, -0.2) is 49.8 Å². The molecule has 3 unspecified atom stereocenters. The lowest BCUT2D eigenvalue weighted by Crippen LogP contribution is -2.59. The molecule has 118 valence electrons. The van der Waals surface area contributed by atoms with Gasteiger partial charge in [0.15, 0.2) is 0 Å². The average molecular weight is 282 g/mol. The summed E-state index contributed by atoms with van der Waals surface area (Å²) in [7, 11) is 0. The van der Waals surface area contributed by atoms with Gasteiger partial charge in [0.05, 0.1) is 6.61 Å². The Balaban J connectivity index is 1.81. The molecule has 0 amide bonds. The molecule has 0 aromatic heterocycles. The molecule has 1 aliphatic heterocycles. The summed E-state index contributed by atoms with van der Waals surface area (Å²) in [5.41, 5.74) is 0. The molecule has 1 N–H and O–H groups in total. The van der Waals surface area contributed by atoms with E-state index in [1.54, 1.807) is 0 Å². The van der Waals surface area contributed by atoms with Gasteiger partial charge in [-0.2, -0.15) is 0 Å². The van der Waals surface area contributed by atoms with Crippen molar-refractivity contribution in [3.05, 3.63) is 0 Å². The number of hydrogen-bond donors (Lipinski definition) is 1. The highest BCUT2D eigenvalue weighted by Crippen LogP contribution is 2.35. The number of hydrogen-bond acceptors (Lipinski definition) is 3. The van der Waals surface area contributed by atoms with Crippen molar-refractivity contribution in [1.29, 1.82) is 0 Å². The summed E-state index contributed by atoms with van der Waals surface area (Å²) in [5, 5.41) is 3.80. The predicted octanol–water partition coefficient (Wildman–Crippen LogP) is 2.76. The first-order valence-electron chi connectivity index (χ1n) is 8.67. The van der Waals surface area contributed by atoms with Crippen LogP contribution in [0.3, 0.4) is 0 Å². The number of piperazine rings is 1. The van der Waals surface area contributed by atoms with Crippen LogP contribution >= 0.6 is 0 Å². The van der Waals surface area contributed by atoms with E-state index in [1.165, 1.54) is 32.4 Å². The predicted molar refractivity (Wildman–Crippen MR) is 85.0 cm³/mol. The Morgan fingerprint density at radius 3 is 2.60 bits per heavy atom. The molecule has 0 aromatic carbocycles. The molecular weight excluding hydrogens is 248 g/mol. The lowest BCUT2D eigenvalue weighted by Gasteiger charge is -2.43. The molecule has 2 aliphatic rings. The zero-order valence-corrected chi connectivity index (χ0v) is 13.9. The summed E-state index contributed by atoms with van der Waals surface area (Å²) in [6, 6.07) is 1.43. The maximum atomic E-state index is 5.81. The van der Waals surface area contributed by atoms with Crippen molar-refractivity contribution in [1.82, 2.24) is 10.2 Å². The van der Waals surface area contributed by atoms with Crippen molar-refractivity contribution in [3.8, 4) is 0 Å². The maximum absolute atomic E-state index is 5.81. The average Bonchev–Trinajstić information content (AvgIpc) is 3.27. The molecule has 0 aromatic rings. The summed E-state index contributed by atoms with van der Waals surface area (Å²) in [4.78, 5) is 2.70. The van der Waals surface area contributed by atoms with Crippen LogP contribution in [0.2, 0.25) is 0 Å². The van der Waals surface area contributed by atoms with E-state index in [4.69, 9.17) is 4.74 Å². The minimum atomic E-state index is 0.641. The zero-order valence-electron chi connectivity index (χ0n) is 13.9. The number of nitrogens with one attached hydrogen (secondary N) is 1. The lowest BCUT2D eigenvalue weighted by molar-refractivity contribution is 0.0367. The van der Waals surface area contributed by atoms with Gasteiger partial charge in [-0.25, -0.2) is 0 Å². The van der Waals surface area contributed by atoms with Gasteiger partial charge in [0.2, 0.25) is 0 Å². The monoisotopic (exact) mass is 282 g/mol. The van der Waals surface area contributed by atoms with Crippen LogP contribution in [0.15, 0.2) is 0 Å². The molecule has 1 aliphatic carbocycles. The fourth-order valence-corrected chi connectivity index (χ4v) is 3.26. The zero-order chi connectivity index (χ0) is 14.5. The summed E-state index contributed by atoms with van der Waals surface area (Å²) < 4.78 is 5.81. The van der Waals surface area contributed by atoms with Gasteiger partial charge in [0, 0.05) is 38.3 Å². The Labute approximate surface area is 125 Å². The van der Waals surface area contributed by atoms with Gasteiger partial charge < -0.3 is 10.1 Å². The Bertz CT molecular complexity index is 278. The molecule has 1 saturated heterocycles. The van der Waals surface area contributed by atoms with Gasteiger partial charge in [0.25, 0.3) is 0 Å². The smallest absolute Gasteiger partial charge is 0.0593 e. The summed E-state index contributed by atoms with van der Waals surface area (Å²) >= 11 is 0. The van der Waals surface area contributed by atoms with E-state index >= 15 is 0 Å². The normalized spacial score (nSPS) is 29.9.